The lowest BCUT2D eigenvalue weighted by Gasteiger charge is -2.20. The Morgan fingerprint density at radius 2 is 1.87 bits per heavy atom. The van der Waals surface area contributed by atoms with Crippen LogP contribution in [0.15, 0.2) is 41.4 Å². The number of aryl methyl sites for hydroxylation is 2. The number of nitrogens with zero attached hydrogens (tertiary/aromatic N) is 1. The van der Waals surface area contributed by atoms with E-state index in [1.54, 1.807) is 0 Å². The van der Waals surface area contributed by atoms with E-state index in [1.165, 1.54) is 0 Å². The molecular formula is C23H27N3O4. The zero-order valence-corrected chi connectivity index (χ0v) is 17.4. The molecule has 7 heteroatoms. The number of nitrogens with one attached hydrogen (secondary N) is 2. The summed E-state index contributed by atoms with van der Waals surface area (Å²) in [4.78, 5) is 17.4. The van der Waals surface area contributed by atoms with E-state index in [4.69, 9.17) is 14.2 Å². The minimum atomic E-state index is -0.214. The summed E-state index contributed by atoms with van der Waals surface area (Å²) in [5, 5.41) is 6.11. The Labute approximate surface area is 176 Å². The van der Waals surface area contributed by atoms with Crippen LogP contribution >= 0.6 is 0 Å². The molecule has 30 heavy (non-hydrogen) atoms. The summed E-state index contributed by atoms with van der Waals surface area (Å²) in [5.41, 5.74) is 3.56. The molecule has 0 saturated carbocycles. The van der Waals surface area contributed by atoms with Crippen molar-refractivity contribution in [3.8, 4) is 11.5 Å². The number of fused-ring (bicyclic) bond motifs is 1. The molecule has 0 unspecified atom stereocenters. The molecule has 7 nitrogen and oxygen atoms in total. The summed E-state index contributed by atoms with van der Waals surface area (Å²) in [6, 6.07) is 11.2. The van der Waals surface area contributed by atoms with Crippen molar-refractivity contribution in [2.75, 3.05) is 31.7 Å². The Kier molecular flexibility index (Phi) is 6.18. The molecule has 2 aliphatic heterocycles. The second-order valence-electron chi connectivity index (χ2n) is 7.56. The third-order valence-electron chi connectivity index (χ3n) is 5.28. The molecule has 2 N–H and O–H groups in total. The van der Waals surface area contributed by atoms with E-state index in [2.05, 4.69) is 15.6 Å². The van der Waals surface area contributed by atoms with E-state index in [1.807, 2.05) is 50.2 Å². The number of benzene rings is 2. The van der Waals surface area contributed by atoms with E-state index in [0.717, 1.165) is 36.3 Å². The minimum Gasteiger partial charge on any atom is -0.486 e. The van der Waals surface area contributed by atoms with Crippen molar-refractivity contribution in [3.63, 3.8) is 0 Å². The lowest BCUT2D eigenvalue weighted by Crippen LogP contribution is -2.36. The Morgan fingerprint density at radius 3 is 2.63 bits per heavy atom. The fourth-order valence-electron chi connectivity index (χ4n) is 3.41. The van der Waals surface area contributed by atoms with Crippen LogP contribution in [0.5, 0.6) is 11.5 Å². The van der Waals surface area contributed by atoms with Gasteiger partial charge in [-0.05, 0) is 62.1 Å². The number of hydrogen-bond donors (Lipinski definition) is 2. The van der Waals surface area contributed by atoms with Crippen molar-refractivity contribution in [3.05, 3.63) is 53.1 Å². The van der Waals surface area contributed by atoms with Gasteiger partial charge in [-0.15, -0.1) is 0 Å². The molecule has 4 rings (SSSR count). The highest BCUT2D eigenvalue weighted by Crippen LogP contribution is 2.32. The van der Waals surface area contributed by atoms with Gasteiger partial charge in [0, 0.05) is 23.9 Å². The predicted octanol–water partition coefficient (Wildman–Crippen LogP) is 3.45. The molecule has 0 aliphatic carbocycles. The van der Waals surface area contributed by atoms with E-state index in [0.29, 0.717) is 42.8 Å². The van der Waals surface area contributed by atoms with Crippen molar-refractivity contribution >= 4 is 17.6 Å². The van der Waals surface area contributed by atoms with E-state index in [9.17, 15) is 4.79 Å². The molecule has 0 aromatic heterocycles. The van der Waals surface area contributed by atoms with Crippen LogP contribution in [0.3, 0.4) is 0 Å². The van der Waals surface area contributed by atoms with Crippen LogP contribution in [-0.4, -0.2) is 44.3 Å². The molecule has 2 aromatic carbocycles. The standard InChI is InChI=1S/C23H27N3O4/c1-15-5-6-17(12-16(15)2)22(27)26-23(24-14-19-4-3-9-28-19)25-18-7-8-20-21(13-18)30-11-10-29-20/h5-8,12-13,19H,3-4,9-11,14H2,1-2H3,(H2,24,25,26,27)/t19-/m1/s1. The lowest BCUT2D eigenvalue weighted by atomic mass is 10.1. The zero-order valence-electron chi connectivity index (χ0n) is 17.4. The summed E-state index contributed by atoms with van der Waals surface area (Å²) in [7, 11) is 0. The Bertz CT molecular complexity index is 951. The third-order valence-corrected chi connectivity index (χ3v) is 5.28. The number of amides is 1. The molecule has 2 heterocycles. The molecular weight excluding hydrogens is 382 g/mol. The molecule has 0 radical (unpaired) electrons. The van der Waals surface area contributed by atoms with Gasteiger partial charge in [-0.3, -0.25) is 10.1 Å². The van der Waals surface area contributed by atoms with Gasteiger partial charge in [0.05, 0.1) is 12.6 Å². The van der Waals surface area contributed by atoms with E-state index >= 15 is 0 Å². The molecule has 1 fully saturated rings. The normalized spacial score (nSPS) is 18.2. The molecule has 1 amide bonds. The summed E-state index contributed by atoms with van der Waals surface area (Å²) >= 11 is 0. The number of ether oxygens (including phenoxy) is 3. The maximum atomic E-state index is 12.8. The molecule has 158 valence electrons. The first kappa shape index (κ1) is 20.2. The van der Waals surface area contributed by atoms with E-state index in [-0.39, 0.29) is 12.0 Å². The highest BCUT2D eigenvalue weighted by molar-refractivity contribution is 6.10. The van der Waals surface area contributed by atoms with Crippen molar-refractivity contribution < 1.29 is 19.0 Å². The molecule has 2 aromatic rings. The predicted molar refractivity (Wildman–Crippen MR) is 116 cm³/mol. The van der Waals surface area contributed by atoms with Gasteiger partial charge in [0.1, 0.15) is 13.2 Å². The van der Waals surface area contributed by atoms with Gasteiger partial charge in [-0.2, -0.15) is 0 Å². The van der Waals surface area contributed by atoms with E-state index < -0.39 is 0 Å². The highest BCUT2D eigenvalue weighted by atomic mass is 16.6. The van der Waals surface area contributed by atoms with Gasteiger partial charge < -0.3 is 19.5 Å². The zero-order chi connectivity index (χ0) is 20.9. The van der Waals surface area contributed by atoms with Crippen molar-refractivity contribution in [2.24, 2.45) is 4.99 Å². The first-order chi connectivity index (χ1) is 14.6. The summed E-state index contributed by atoms with van der Waals surface area (Å²) in [5.74, 6) is 1.55. The van der Waals surface area contributed by atoms with Gasteiger partial charge in [0.2, 0.25) is 5.96 Å². The van der Waals surface area contributed by atoms with Crippen molar-refractivity contribution in [1.29, 1.82) is 0 Å². The SMILES string of the molecule is Cc1ccc(C(=O)NC(=NC[C@H]2CCCO2)Nc2ccc3c(c2)OCCO3)cc1C. The lowest BCUT2D eigenvalue weighted by molar-refractivity contribution is 0.0975. The summed E-state index contributed by atoms with van der Waals surface area (Å²) < 4.78 is 16.9. The van der Waals surface area contributed by atoms with Gasteiger partial charge in [0.25, 0.3) is 5.91 Å². The number of carbonyl (C=O) groups is 1. The fourth-order valence-corrected chi connectivity index (χ4v) is 3.41. The van der Waals surface area contributed by atoms with Crippen molar-refractivity contribution in [2.45, 2.75) is 32.8 Å². The quantitative estimate of drug-likeness (QED) is 0.597. The number of hydrogen-bond acceptors (Lipinski definition) is 5. The highest BCUT2D eigenvalue weighted by Gasteiger charge is 2.17. The number of aliphatic imine (C=N–C) groups is 1. The Hall–Kier alpha value is -3.06. The molecule has 0 spiro atoms. The van der Waals surface area contributed by atoms with Crippen LogP contribution in [0.4, 0.5) is 5.69 Å². The number of guanidine groups is 1. The summed E-state index contributed by atoms with van der Waals surface area (Å²) in [6.07, 6.45) is 2.10. The van der Waals surface area contributed by atoms with Crippen molar-refractivity contribution in [1.82, 2.24) is 5.32 Å². The van der Waals surface area contributed by atoms with Gasteiger partial charge >= 0.3 is 0 Å². The number of rotatable bonds is 4. The molecule has 0 bridgehead atoms. The van der Waals surface area contributed by atoms with Crippen LogP contribution in [0.1, 0.15) is 34.3 Å². The second-order valence-corrected chi connectivity index (χ2v) is 7.56. The fraction of sp³-hybridized carbons (Fsp3) is 0.391. The third kappa shape index (κ3) is 4.91. The average Bonchev–Trinajstić information content (AvgIpc) is 3.27. The average molecular weight is 409 g/mol. The maximum Gasteiger partial charge on any atom is 0.257 e. The smallest absolute Gasteiger partial charge is 0.257 e. The molecule has 1 atom stereocenters. The number of carbonyl (C=O) groups excluding carboxylic acids is 1. The van der Waals surface area contributed by atoms with Crippen LogP contribution in [0.2, 0.25) is 0 Å². The minimum absolute atomic E-state index is 0.0839. The number of anilines is 1. The monoisotopic (exact) mass is 409 g/mol. The first-order valence-electron chi connectivity index (χ1n) is 10.3. The topological polar surface area (TPSA) is 81.2 Å². The van der Waals surface area contributed by atoms with Gasteiger partial charge in [-0.25, -0.2) is 4.99 Å². The van der Waals surface area contributed by atoms with Crippen LogP contribution < -0.4 is 20.1 Å². The molecule has 1 saturated heterocycles. The second kappa shape index (κ2) is 9.17. The Balaban J connectivity index is 1.52. The Morgan fingerprint density at radius 1 is 1.03 bits per heavy atom. The van der Waals surface area contributed by atoms with Crippen LogP contribution in [-0.2, 0) is 4.74 Å². The van der Waals surface area contributed by atoms with Crippen LogP contribution in [0.25, 0.3) is 0 Å². The summed E-state index contributed by atoms with van der Waals surface area (Å²) in [6.45, 7) is 6.32. The van der Waals surface area contributed by atoms with Gasteiger partial charge in [-0.1, -0.05) is 6.07 Å². The van der Waals surface area contributed by atoms with Crippen LogP contribution in [0, 0.1) is 13.8 Å². The maximum absolute atomic E-state index is 12.8. The van der Waals surface area contributed by atoms with Gasteiger partial charge in [0.15, 0.2) is 11.5 Å². The first-order valence-corrected chi connectivity index (χ1v) is 10.3. The molecule has 2 aliphatic rings. The largest absolute Gasteiger partial charge is 0.486 e.